The van der Waals surface area contributed by atoms with Crippen LogP contribution in [0.1, 0.15) is 75.6 Å². The quantitative estimate of drug-likeness (QED) is 0.174. The molecule has 3 aromatic rings. The third kappa shape index (κ3) is 7.02. The maximum atomic E-state index is 13.0. The molecular formula is C31H40ClN7O4S. The van der Waals surface area contributed by atoms with Crippen molar-refractivity contribution < 1.29 is 17.9 Å². The van der Waals surface area contributed by atoms with Crippen molar-refractivity contribution in [1.82, 2.24) is 29.8 Å². The van der Waals surface area contributed by atoms with Crippen molar-refractivity contribution in [3.8, 4) is 11.7 Å². The molecule has 0 aromatic carbocycles. The summed E-state index contributed by atoms with van der Waals surface area (Å²) < 4.78 is 35.4. The van der Waals surface area contributed by atoms with Gasteiger partial charge in [-0.2, -0.15) is 8.42 Å². The van der Waals surface area contributed by atoms with Crippen LogP contribution in [0.15, 0.2) is 47.6 Å². The van der Waals surface area contributed by atoms with Gasteiger partial charge in [0.15, 0.2) is 10.8 Å². The summed E-state index contributed by atoms with van der Waals surface area (Å²) in [6.07, 6.45) is 11.3. The Morgan fingerprint density at radius 2 is 1.98 bits per heavy atom. The number of amides is 1. The lowest BCUT2D eigenvalue weighted by atomic mass is 9.69. The zero-order valence-corrected chi connectivity index (χ0v) is 26.8. The van der Waals surface area contributed by atoms with Gasteiger partial charge in [0.05, 0.1) is 12.2 Å². The number of pyridine rings is 2. The second-order valence-corrected chi connectivity index (χ2v) is 15.0. The van der Waals surface area contributed by atoms with Crippen LogP contribution in [0, 0.1) is 17.3 Å². The summed E-state index contributed by atoms with van der Waals surface area (Å²) in [4.78, 5) is 21.4. The molecule has 6 rings (SSSR count). The van der Waals surface area contributed by atoms with Gasteiger partial charge in [-0.3, -0.25) is 4.79 Å². The summed E-state index contributed by atoms with van der Waals surface area (Å²) in [6.45, 7) is 6.73. The highest BCUT2D eigenvalue weighted by molar-refractivity contribution is 7.90. The van der Waals surface area contributed by atoms with Crippen molar-refractivity contribution in [2.75, 3.05) is 25.0 Å². The van der Waals surface area contributed by atoms with Crippen molar-refractivity contribution in [3.05, 3.63) is 53.3 Å². The van der Waals surface area contributed by atoms with E-state index in [4.69, 9.17) is 16.3 Å². The lowest BCUT2D eigenvalue weighted by Crippen LogP contribution is -2.31. The van der Waals surface area contributed by atoms with Crippen LogP contribution < -0.4 is 20.1 Å². The van der Waals surface area contributed by atoms with Crippen LogP contribution >= 0.6 is 11.6 Å². The van der Waals surface area contributed by atoms with Crippen LogP contribution in [0.3, 0.4) is 0 Å². The molecule has 1 unspecified atom stereocenters. The van der Waals surface area contributed by atoms with Crippen LogP contribution in [0.5, 0.6) is 5.88 Å². The summed E-state index contributed by atoms with van der Waals surface area (Å²) in [5.74, 6) is 1.77. The molecule has 2 aliphatic carbocycles. The summed E-state index contributed by atoms with van der Waals surface area (Å²) >= 11 is 6.32. The molecule has 11 nitrogen and oxygen atoms in total. The Balaban J connectivity index is 1.01. The van der Waals surface area contributed by atoms with Gasteiger partial charge in [-0.25, -0.2) is 19.4 Å². The second kappa shape index (κ2) is 12.3. The lowest BCUT2D eigenvalue weighted by Gasteiger charge is -2.37. The number of ether oxygens (including phenoxy) is 1. The van der Waals surface area contributed by atoms with Gasteiger partial charge in [0.2, 0.25) is 5.88 Å². The molecule has 1 amide bonds. The Morgan fingerprint density at radius 1 is 1.14 bits per heavy atom. The molecule has 44 heavy (non-hydrogen) atoms. The normalized spacial score (nSPS) is 21.5. The Labute approximate surface area is 263 Å². The lowest BCUT2D eigenvalue weighted by molar-refractivity contribution is 0.0981. The van der Waals surface area contributed by atoms with Gasteiger partial charge in [-0.15, -0.1) is 5.10 Å². The van der Waals surface area contributed by atoms with Gasteiger partial charge in [0.1, 0.15) is 11.0 Å². The first-order valence-corrected chi connectivity index (χ1v) is 17.3. The third-order valence-electron chi connectivity index (χ3n) is 9.33. The van der Waals surface area contributed by atoms with E-state index >= 15 is 0 Å². The van der Waals surface area contributed by atoms with E-state index < -0.39 is 15.9 Å². The average molecular weight is 642 g/mol. The van der Waals surface area contributed by atoms with Crippen molar-refractivity contribution in [2.45, 2.75) is 75.8 Å². The Bertz CT molecular complexity index is 1620. The van der Waals surface area contributed by atoms with Crippen molar-refractivity contribution in [1.29, 1.82) is 0 Å². The summed E-state index contributed by atoms with van der Waals surface area (Å²) in [6, 6.07) is 9.32. The van der Waals surface area contributed by atoms with E-state index in [1.807, 2.05) is 0 Å². The number of hydrogen-bond donors (Lipinski definition) is 3. The maximum absolute atomic E-state index is 13.0. The first kappa shape index (κ1) is 30.8. The highest BCUT2D eigenvalue weighted by Gasteiger charge is 2.54. The molecule has 3 aromatic heterocycles. The molecule has 3 N–H and O–H groups in total. The molecule has 3 aliphatic rings. The molecule has 1 aliphatic heterocycles. The zero-order valence-electron chi connectivity index (χ0n) is 25.2. The van der Waals surface area contributed by atoms with Gasteiger partial charge < -0.3 is 15.4 Å². The zero-order chi connectivity index (χ0) is 31.0. The van der Waals surface area contributed by atoms with Gasteiger partial charge >= 0.3 is 0 Å². The van der Waals surface area contributed by atoms with Crippen molar-refractivity contribution in [3.63, 3.8) is 0 Å². The predicted octanol–water partition coefficient (Wildman–Crippen LogP) is 4.97. The number of carbonyl (C=O) groups is 1. The fraction of sp³-hybridized carbons (Fsp3) is 0.548. The standard InChI is InChI=1S/C31H40ClN7O4S/c1-30(2)19-21(20-34-30)5-4-16-33-24-6-3-7-27(35-24)44(41,42)38-29(40)23-8-9-25(36-28(23)32)39-17-11-26(37-39)43-18-12-22-10-13-31(22)14-15-31/h3,6-9,11,17,21-22,34H,4-5,10,12-16,18-20H2,1-2H3,(H,33,35)(H,38,40)/t21-,22?/m1/s1. The first-order valence-electron chi connectivity index (χ1n) is 15.4. The molecule has 3 fully saturated rings. The predicted molar refractivity (Wildman–Crippen MR) is 168 cm³/mol. The highest BCUT2D eigenvalue weighted by atomic mass is 35.5. The minimum Gasteiger partial charge on any atom is -0.477 e. The van der Waals surface area contributed by atoms with Crippen LogP contribution in [0.2, 0.25) is 5.15 Å². The molecule has 2 saturated carbocycles. The smallest absolute Gasteiger partial charge is 0.281 e. The fourth-order valence-corrected chi connectivity index (χ4v) is 7.73. The molecular weight excluding hydrogens is 602 g/mol. The number of anilines is 1. The summed E-state index contributed by atoms with van der Waals surface area (Å²) in [7, 11) is -4.26. The molecule has 1 spiro atoms. The Kier molecular flexibility index (Phi) is 8.60. The largest absolute Gasteiger partial charge is 0.477 e. The highest BCUT2D eigenvalue weighted by Crippen LogP contribution is 2.65. The molecule has 0 bridgehead atoms. The molecule has 13 heteroatoms. The molecule has 4 heterocycles. The van der Waals surface area contributed by atoms with Gasteiger partial charge in [-0.05, 0) is 113 Å². The van der Waals surface area contributed by atoms with E-state index in [9.17, 15) is 13.2 Å². The van der Waals surface area contributed by atoms with E-state index in [2.05, 4.69) is 44.3 Å². The minimum absolute atomic E-state index is 0.0871. The number of halogens is 1. The molecule has 236 valence electrons. The third-order valence-corrected chi connectivity index (χ3v) is 10.9. The maximum Gasteiger partial charge on any atom is 0.281 e. The Morgan fingerprint density at radius 3 is 2.68 bits per heavy atom. The fourth-order valence-electron chi connectivity index (χ4n) is 6.56. The first-order chi connectivity index (χ1) is 21.0. The monoisotopic (exact) mass is 641 g/mol. The SMILES string of the molecule is CC1(C)C[C@@H](CCCNc2cccc(S(=O)(=O)NC(=O)c3ccc(-n4ccc(OCCC5CCC56CC6)n4)nc3Cl)n2)CN1. The van der Waals surface area contributed by atoms with Crippen LogP contribution in [0.4, 0.5) is 5.82 Å². The number of sulfonamides is 1. The topological polar surface area (TPSA) is 140 Å². The van der Waals surface area contributed by atoms with E-state index in [0.717, 1.165) is 38.1 Å². The number of hydrogen-bond acceptors (Lipinski definition) is 9. The van der Waals surface area contributed by atoms with E-state index in [-0.39, 0.29) is 21.3 Å². The molecule has 0 radical (unpaired) electrons. The van der Waals surface area contributed by atoms with Crippen LogP contribution in [-0.2, 0) is 10.0 Å². The van der Waals surface area contributed by atoms with Crippen LogP contribution in [-0.4, -0.2) is 59.3 Å². The number of nitrogens with one attached hydrogen (secondary N) is 3. The van der Waals surface area contributed by atoms with Crippen molar-refractivity contribution in [2.24, 2.45) is 17.3 Å². The van der Waals surface area contributed by atoms with Crippen LogP contribution in [0.25, 0.3) is 5.82 Å². The van der Waals surface area contributed by atoms with E-state index in [1.54, 1.807) is 30.5 Å². The molecule has 2 atom stereocenters. The molecule has 1 saturated heterocycles. The summed E-state index contributed by atoms with van der Waals surface area (Å²) in [5.41, 5.74) is 0.719. The van der Waals surface area contributed by atoms with E-state index in [1.165, 1.54) is 42.5 Å². The van der Waals surface area contributed by atoms with Gasteiger partial charge in [0, 0.05) is 24.3 Å². The average Bonchev–Trinajstić information content (AvgIpc) is 3.57. The van der Waals surface area contributed by atoms with Crippen molar-refractivity contribution >= 4 is 33.3 Å². The number of aromatic nitrogens is 4. The number of rotatable bonds is 13. The minimum atomic E-state index is -4.26. The van der Waals surface area contributed by atoms with Gasteiger partial charge in [0.25, 0.3) is 15.9 Å². The van der Waals surface area contributed by atoms with Gasteiger partial charge in [-0.1, -0.05) is 17.7 Å². The Hall–Kier alpha value is -3.22. The van der Waals surface area contributed by atoms with E-state index in [0.29, 0.717) is 42.0 Å². The number of nitrogens with zero attached hydrogens (tertiary/aromatic N) is 4. The summed E-state index contributed by atoms with van der Waals surface area (Å²) in [5, 5.41) is 10.7. The second-order valence-electron chi connectivity index (χ2n) is 13.0. The number of carbonyl (C=O) groups excluding carboxylic acids is 1.